The van der Waals surface area contributed by atoms with Gasteiger partial charge in [-0.3, -0.25) is 4.79 Å². The number of nitrogens with zero attached hydrogens (tertiary/aromatic N) is 2. The lowest BCUT2D eigenvalue weighted by atomic mass is 9.97. The number of hydrogen-bond donors (Lipinski definition) is 1. The van der Waals surface area contributed by atoms with Crippen LogP contribution in [0.1, 0.15) is 24.2 Å². The second-order valence-electron chi connectivity index (χ2n) is 6.64. The van der Waals surface area contributed by atoms with Crippen LogP contribution >= 0.6 is 0 Å². The number of nitrogens with one attached hydrogen (secondary N) is 1. The summed E-state index contributed by atoms with van der Waals surface area (Å²) in [7, 11) is 1.66. The normalized spacial score (nSPS) is 18.0. The number of hydrogen-bond acceptors (Lipinski definition) is 4. The molecule has 25 heavy (non-hydrogen) atoms. The van der Waals surface area contributed by atoms with E-state index in [0.29, 0.717) is 19.8 Å². The minimum absolute atomic E-state index is 0.107. The third-order valence-electron chi connectivity index (χ3n) is 5.06. The largest absolute Gasteiger partial charge is 0.497 e. The Kier molecular flexibility index (Phi) is 4.44. The van der Waals surface area contributed by atoms with E-state index in [1.807, 2.05) is 29.2 Å². The third kappa shape index (κ3) is 3.26. The Balaban J connectivity index is 1.51. The molecule has 0 aliphatic carbocycles. The zero-order valence-corrected chi connectivity index (χ0v) is 14.5. The van der Waals surface area contributed by atoms with Crippen LogP contribution in [0.5, 0.6) is 5.75 Å². The van der Waals surface area contributed by atoms with Crippen LogP contribution in [0.3, 0.4) is 0 Å². The van der Waals surface area contributed by atoms with Crippen LogP contribution in [0.2, 0.25) is 0 Å². The molecule has 2 aromatic rings. The summed E-state index contributed by atoms with van der Waals surface area (Å²) in [5.74, 6) is 2.01. The maximum Gasteiger partial charge on any atom is 0.226 e. The predicted molar refractivity (Wildman–Crippen MR) is 93.2 cm³/mol. The van der Waals surface area contributed by atoms with E-state index >= 15 is 0 Å². The van der Waals surface area contributed by atoms with Gasteiger partial charge >= 0.3 is 0 Å². The van der Waals surface area contributed by atoms with E-state index in [9.17, 15) is 4.79 Å². The lowest BCUT2D eigenvalue weighted by Crippen LogP contribution is -2.41. The molecule has 6 nitrogen and oxygen atoms in total. The second-order valence-corrected chi connectivity index (χ2v) is 6.64. The Bertz CT molecular complexity index is 765. The maximum atomic E-state index is 12.7. The number of benzene rings is 1. The van der Waals surface area contributed by atoms with Gasteiger partial charge < -0.3 is 19.4 Å². The van der Waals surface area contributed by atoms with Crippen molar-refractivity contribution in [3.63, 3.8) is 0 Å². The zero-order chi connectivity index (χ0) is 17.2. The highest BCUT2D eigenvalue weighted by molar-refractivity contribution is 5.79. The monoisotopic (exact) mass is 341 g/mol. The molecular weight excluding hydrogens is 318 g/mol. The highest BCUT2D eigenvalue weighted by Gasteiger charge is 2.30. The molecular formula is C19H23N3O3. The fourth-order valence-electron chi connectivity index (χ4n) is 3.59. The first-order chi connectivity index (χ1) is 12.2. The molecule has 0 radical (unpaired) electrons. The van der Waals surface area contributed by atoms with Gasteiger partial charge in [-0.15, -0.1) is 0 Å². The Morgan fingerprint density at radius 2 is 2.20 bits per heavy atom. The van der Waals surface area contributed by atoms with Crippen molar-refractivity contribution in [2.45, 2.75) is 25.8 Å². The standard InChI is InChI=1S/C19H23N3O3/c1-24-15-4-2-3-14(11-15)18-20-16-5-8-22(12-17(16)21-18)19(23)13-6-9-25-10-7-13/h2-4,11,13H,5-10,12H2,1H3,(H,20,21). The molecule has 1 saturated heterocycles. The van der Waals surface area contributed by atoms with Crippen LogP contribution in [0.4, 0.5) is 0 Å². The van der Waals surface area contributed by atoms with E-state index in [0.717, 1.165) is 54.3 Å². The van der Waals surface area contributed by atoms with Gasteiger partial charge in [0.1, 0.15) is 11.6 Å². The number of H-pyrrole nitrogens is 1. The number of amides is 1. The number of ether oxygens (including phenoxy) is 2. The number of carbonyl (C=O) groups is 1. The summed E-state index contributed by atoms with van der Waals surface area (Å²) in [4.78, 5) is 22.8. The van der Waals surface area contributed by atoms with Crippen LogP contribution < -0.4 is 4.74 Å². The van der Waals surface area contributed by atoms with E-state index in [4.69, 9.17) is 14.5 Å². The topological polar surface area (TPSA) is 67.5 Å². The molecule has 3 heterocycles. The predicted octanol–water partition coefficient (Wildman–Crippen LogP) is 2.40. The zero-order valence-electron chi connectivity index (χ0n) is 14.5. The number of methoxy groups -OCH3 is 1. The Hall–Kier alpha value is -2.34. The van der Waals surface area contributed by atoms with Crippen molar-refractivity contribution >= 4 is 5.91 Å². The van der Waals surface area contributed by atoms with Gasteiger partial charge in [0, 0.05) is 37.7 Å². The van der Waals surface area contributed by atoms with Crippen LogP contribution in [0.25, 0.3) is 11.4 Å². The van der Waals surface area contributed by atoms with Gasteiger partial charge in [0.2, 0.25) is 5.91 Å². The summed E-state index contributed by atoms with van der Waals surface area (Å²) in [6.07, 6.45) is 2.46. The summed E-state index contributed by atoms with van der Waals surface area (Å²) < 4.78 is 10.7. The smallest absolute Gasteiger partial charge is 0.226 e. The molecule has 1 N–H and O–H groups in total. The first kappa shape index (κ1) is 16.1. The molecule has 6 heteroatoms. The van der Waals surface area contributed by atoms with Crippen molar-refractivity contribution < 1.29 is 14.3 Å². The molecule has 2 aliphatic heterocycles. The number of carbonyl (C=O) groups excluding carboxylic acids is 1. The Labute approximate surface area is 147 Å². The van der Waals surface area contributed by atoms with Crippen molar-refractivity contribution in [1.82, 2.24) is 14.9 Å². The van der Waals surface area contributed by atoms with E-state index in [-0.39, 0.29) is 11.8 Å². The van der Waals surface area contributed by atoms with Crippen molar-refractivity contribution in [3.05, 3.63) is 35.7 Å². The van der Waals surface area contributed by atoms with Crippen molar-refractivity contribution in [1.29, 1.82) is 0 Å². The highest BCUT2D eigenvalue weighted by Crippen LogP contribution is 2.27. The van der Waals surface area contributed by atoms with Gasteiger partial charge in [-0.1, -0.05) is 12.1 Å². The van der Waals surface area contributed by atoms with Gasteiger partial charge in [0.25, 0.3) is 0 Å². The molecule has 0 unspecified atom stereocenters. The molecule has 1 aromatic heterocycles. The molecule has 1 amide bonds. The van der Waals surface area contributed by atoms with Crippen molar-refractivity contribution in [2.24, 2.45) is 5.92 Å². The second kappa shape index (κ2) is 6.88. The maximum absolute atomic E-state index is 12.7. The number of aromatic nitrogens is 2. The van der Waals surface area contributed by atoms with Crippen molar-refractivity contribution in [3.8, 4) is 17.1 Å². The van der Waals surface area contributed by atoms with Crippen LogP contribution in [0, 0.1) is 5.92 Å². The molecule has 2 aliphatic rings. The molecule has 0 saturated carbocycles. The number of rotatable bonds is 3. The van der Waals surface area contributed by atoms with E-state index in [1.165, 1.54) is 0 Å². The number of aromatic amines is 1. The van der Waals surface area contributed by atoms with Gasteiger partial charge in [-0.2, -0.15) is 0 Å². The average molecular weight is 341 g/mol. The SMILES string of the molecule is COc1cccc(-c2nc3c([nH]2)CN(C(=O)C2CCOCC2)CC3)c1. The Morgan fingerprint density at radius 1 is 1.36 bits per heavy atom. The van der Waals surface area contributed by atoms with Crippen LogP contribution in [-0.4, -0.2) is 47.6 Å². The molecule has 132 valence electrons. The molecule has 1 aromatic carbocycles. The lowest BCUT2D eigenvalue weighted by Gasteiger charge is -2.31. The van der Waals surface area contributed by atoms with Crippen LogP contribution in [-0.2, 0) is 22.5 Å². The summed E-state index contributed by atoms with van der Waals surface area (Å²) >= 11 is 0. The summed E-state index contributed by atoms with van der Waals surface area (Å²) in [5.41, 5.74) is 3.11. The van der Waals surface area contributed by atoms with Gasteiger partial charge in [0.15, 0.2) is 0 Å². The van der Waals surface area contributed by atoms with Gasteiger partial charge in [0.05, 0.1) is 25.0 Å². The van der Waals surface area contributed by atoms with Crippen LogP contribution in [0.15, 0.2) is 24.3 Å². The minimum Gasteiger partial charge on any atom is -0.497 e. The Morgan fingerprint density at radius 3 is 3.00 bits per heavy atom. The van der Waals surface area contributed by atoms with E-state index in [2.05, 4.69) is 4.98 Å². The molecule has 4 rings (SSSR count). The molecule has 0 spiro atoms. The average Bonchev–Trinajstić information content (AvgIpc) is 3.11. The first-order valence-electron chi connectivity index (χ1n) is 8.83. The molecule has 0 atom stereocenters. The summed E-state index contributed by atoms with van der Waals surface area (Å²) in [6, 6.07) is 7.85. The van der Waals surface area contributed by atoms with E-state index in [1.54, 1.807) is 7.11 Å². The fraction of sp³-hybridized carbons (Fsp3) is 0.474. The molecule has 1 fully saturated rings. The third-order valence-corrected chi connectivity index (χ3v) is 5.06. The van der Waals surface area contributed by atoms with Crippen molar-refractivity contribution in [2.75, 3.05) is 26.9 Å². The number of fused-ring (bicyclic) bond motifs is 1. The van der Waals surface area contributed by atoms with Gasteiger partial charge in [-0.05, 0) is 25.0 Å². The lowest BCUT2D eigenvalue weighted by molar-refractivity contribution is -0.139. The quantitative estimate of drug-likeness (QED) is 0.931. The first-order valence-corrected chi connectivity index (χ1v) is 8.83. The highest BCUT2D eigenvalue weighted by atomic mass is 16.5. The number of imidazole rings is 1. The van der Waals surface area contributed by atoms with E-state index < -0.39 is 0 Å². The minimum atomic E-state index is 0.107. The van der Waals surface area contributed by atoms with Gasteiger partial charge in [-0.25, -0.2) is 4.98 Å². The molecule has 0 bridgehead atoms. The summed E-state index contributed by atoms with van der Waals surface area (Å²) in [5, 5.41) is 0. The fourth-order valence-corrected chi connectivity index (χ4v) is 3.59. The summed E-state index contributed by atoms with van der Waals surface area (Å²) in [6.45, 7) is 2.74.